The molecule has 30 heavy (non-hydrogen) atoms. The van der Waals surface area contributed by atoms with Crippen molar-refractivity contribution in [2.75, 3.05) is 5.32 Å². The molecule has 2 N–H and O–H groups in total. The summed E-state index contributed by atoms with van der Waals surface area (Å²) >= 11 is 0. The Kier molecular flexibility index (Phi) is 4.62. The van der Waals surface area contributed by atoms with E-state index >= 15 is 0 Å². The minimum Gasteiger partial charge on any atom is -0.436 e. The number of urea groups is 1. The number of para-hydroxylation sites is 2. The molecular weight excluding hydrogens is 374 g/mol. The fraction of sp³-hybridized carbons (Fsp3) is 0.0400. The molecule has 1 heterocycles. The third-order valence-corrected chi connectivity index (χ3v) is 4.98. The standard InChI is InChI=1S/C25H19N3O2/c29-25(26-16-19-10-5-8-17-7-1-2-12-21(17)19)27-20-11-6-9-18(15-20)24-28-22-13-3-4-14-23(22)30-24/h1-15H,16H2,(H2,26,27,29). The predicted molar refractivity (Wildman–Crippen MR) is 119 cm³/mol. The summed E-state index contributed by atoms with van der Waals surface area (Å²) in [5.41, 5.74) is 4.09. The molecule has 0 saturated carbocycles. The molecule has 0 spiro atoms. The largest absolute Gasteiger partial charge is 0.436 e. The average Bonchev–Trinajstić information content (AvgIpc) is 3.22. The molecule has 0 aliphatic heterocycles. The predicted octanol–water partition coefficient (Wildman–Crippen LogP) is 5.97. The number of anilines is 1. The number of carbonyl (C=O) groups is 1. The van der Waals surface area contributed by atoms with Gasteiger partial charge in [-0.25, -0.2) is 9.78 Å². The molecule has 5 heteroatoms. The first-order valence-corrected chi connectivity index (χ1v) is 9.74. The number of fused-ring (bicyclic) bond motifs is 2. The fourth-order valence-corrected chi connectivity index (χ4v) is 3.52. The zero-order chi connectivity index (χ0) is 20.3. The first-order valence-electron chi connectivity index (χ1n) is 9.74. The van der Waals surface area contributed by atoms with Crippen LogP contribution in [-0.4, -0.2) is 11.0 Å². The minimum atomic E-state index is -0.266. The normalized spacial score (nSPS) is 10.9. The Morgan fingerprint density at radius 2 is 1.67 bits per heavy atom. The number of hydrogen-bond acceptors (Lipinski definition) is 3. The van der Waals surface area contributed by atoms with E-state index in [4.69, 9.17) is 4.42 Å². The maximum atomic E-state index is 12.4. The summed E-state index contributed by atoms with van der Waals surface area (Å²) in [7, 11) is 0. The van der Waals surface area contributed by atoms with E-state index in [1.807, 2.05) is 72.8 Å². The number of oxazole rings is 1. The third-order valence-electron chi connectivity index (χ3n) is 4.98. The molecule has 5 aromatic rings. The van der Waals surface area contributed by atoms with Gasteiger partial charge in [-0.2, -0.15) is 0 Å². The molecule has 4 aromatic carbocycles. The number of nitrogens with zero attached hydrogens (tertiary/aromatic N) is 1. The molecule has 0 aliphatic rings. The van der Waals surface area contributed by atoms with Crippen molar-refractivity contribution in [3.05, 3.63) is 96.6 Å². The quantitative estimate of drug-likeness (QED) is 0.395. The monoisotopic (exact) mass is 393 g/mol. The summed E-state index contributed by atoms with van der Waals surface area (Å²) in [6.07, 6.45) is 0. The van der Waals surface area contributed by atoms with Gasteiger partial charge in [0.25, 0.3) is 0 Å². The Morgan fingerprint density at radius 3 is 2.60 bits per heavy atom. The van der Waals surface area contributed by atoms with Crippen LogP contribution in [0.5, 0.6) is 0 Å². The van der Waals surface area contributed by atoms with Crippen LogP contribution >= 0.6 is 0 Å². The highest BCUT2D eigenvalue weighted by atomic mass is 16.3. The Morgan fingerprint density at radius 1 is 0.867 bits per heavy atom. The molecule has 5 rings (SSSR count). The summed E-state index contributed by atoms with van der Waals surface area (Å²) < 4.78 is 5.82. The van der Waals surface area contributed by atoms with Gasteiger partial charge < -0.3 is 15.1 Å². The van der Waals surface area contributed by atoms with Crippen LogP contribution in [0.25, 0.3) is 33.3 Å². The van der Waals surface area contributed by atoms with Crippen LogP contribution in [0.2, 0.25) is 0 Å². The number of carbonyl (C=O) groups excluding carboxylic acids is 1. The van der Waals surface area contributed by atoms with Gasteiger partial charge in [0.1, 0.15) is 5.52 Å². The zero-order valence-electron chi connectivity index (χ0n) is 16.1. The second-order valence-electron chi connectivity index (χ2n) is 7.01. The lowest BCUT2D eigenvalue weighted by molar-refractivity contribution is 0.252. The van der Waals surface area contributed by atoms with Crippen molar-refractivity contribution < 1.29 is 9.21 Å². The Bertz CT molecular complexity index is 1320. The second-order valence-corrected chi connectivity index (χ2v) is 7.01. The number of amides is 2. The molecule has 0 bridgehead atoms. The van der Waals surface area contributed by atoms with E-state index < -0.39 is 0 Å². The van der Waals surface area contributed by atoms with Crippen LogP contribution in [-0.2, 0) is 6.54 Å². The van der Waals surface area contributed by atoms with E-state index in [2.05, 4.69) is 33.8 Å². The van der Waals surface area contributed by atoms with Gasteiger partial charge in [0, 0.05) is 17.8 Å². The summed E-state index contributed by atoms with van der Waals surface area (Å²) in [5.74, 6) is 0.524. The highest BCUT2D eigenvalue weighted by Crippen LogP contribution is 2.26. The Labute approximate surface area is 173 Å². The van der Waals surface area contributed by atoms with Crippen LogP contribution < -0.4 is 10.6 Å². The zero-order valence-corrected chi connectivity index (χ0v) is 16.1. The van der Waals surface area contributed by atoms with Crippen LogP contribution in [0.4, 0.5) is 10.5 Å². The summed E-state index contributed by atoms with van der Waals surface area (Å²) in [6, 6.07) is 29.1. The highest BCUT2D eigenvalue weighted by molar-refractivity contribution is 5.91. The number of benzene rings is 4. The van der Waals surface area contributed by atoms with Crippen molar-refractivity contribution >= 4 is 33.6 Å². The van der Waals surface area contributed by atoms with Crippen molar-refractivity contribution in [2.45, 2.75) is 6.54 Å². The lowest BCUT2D eigenvalue weighted by Crippen LogP contribution is -2.28. The van der Waals surface area contributed by atoms with E-state index in [0.29, 0.717) is 18.1 Å². The third kappa shape index (κ3) is 3.61. The first-order chi connectivity index (χ1) is 14.8. The molecule has 0 radical (unpaired) electrons. The minimum absolute atomic E-state index is 0.266. The van der Waals surface area contributed by atoms with Gasteiger partial charge >= 0.3 is 6.03 Å². The summed E-state index contributed by atoms with van der Waals surface area (Å²) in [5, 5.41) is 8.11. The molecule has 0 unspecified atom stereocenters. The van der Waals surface area contributed by atoms with E-state index in [1.54, 1.807) is 0 Å². The van der Waals surface area contributed by atoms with Crippen molar-refractivity contribution in [3.8, 4) is 11.5 Å². The molecule has 2 amide bonds. The van der Waals surface area contributed by atoms with Gasteiger partial charge in [-0.1, -0.05) is 60.7 Å². The number of rotatable bonds is 4. The lowest BCUT2D eigenvalue weighted by atomic mass is 10.0. The molecule has 5 nitrogen and oxygen atoms in total. The molecule has 0 aliphatic carbocycles. The molecule has 1 aromatic heterocycles. The van der Waals surface area contributed by atoms with Gasteiger partial charge in [0.15, 0.2) is 5.58 Å². The molecule has 0 saturated heterocycles. The topological polar surface area (TPSA) is 67.2 Å². The van der Waals surface area contributed by atoms with Gasteiger partial charge in [0.05, 0.1) is 0 Å². The number of hydrogen-bond donors (Lipinski definition) is 2. The van der Waals surface area contributed by atoms with Crippen LogP contribution in [0.1, 0.15) is 5.56 Å². The number of nitrogens with one attached hydrogen (secondary N) is 2. The van der Waals surface area contributed by atoms with Gasteiger partial charge in [-0.15, -0.1) is 0 Å². The number of aromatic nitrogens is 1. The lowest BCUT2D eigenvalue weighted by Gasteiger charge is -2.10. The maximum absolute atomic E-state index is 12.4. The van der Waals surface area contributed by atoms with Crippen LogP contribution in [0.15, 0.2) is 95.4 Å². The highest BCUT2D eigenvalue weighted by Gasteiger charge is 2.10. The summed E-state index contributed by atoms with van der Waals surface area (Å²) in [6.45, 7) is 0.442. The first kappa shape index (κ1) is 17.9. The van der Waals surface area contributed by atoms with Crippen molar-refractivity contribution in [1.29, 1.82) is 0 Å². The van der Waals surface area contributed by atoms with E-state index in [-0.39, 0.29) is 6.03 Å². The molecule has 146 valence electrons. The van der Waals surface area contributed by atoms with Gasteiger partial charge in [-0.05, 0) is 46.7 Å². The van der Waals surface area contributed by atoms with Gasteiger partial charge in [0.2, 0.25) is 5.89 Å². The average molecular weight is 393 g/mol. The van der Waals surface area contributed by atoms with Crippen molar-refractivity contribution in [3.63, 3.8) is 0 Å². The second kappa shape index (κ2) is 7.72. The Balaban J connectivity index is 1.30. The van der Waals surface area contributed by atoms with Crippen molar-refractivity contribution in [2.24, 2.45) is 0 Å². The van der Waals surface area contributed by atoms with Crippen LogP contribution in [0.3, 0.4) is 0 Å². The van der Waals surface area contributed by atoms with Crippen LogP contribution in [0, 0.1) is 0 Å². The van der Waals surface area contributed by atoms with E-state index in [0.717, 1.165) is 33.0 Å². The maximum Gasteiger partial charge on any atom is 0.319 e. The molecular formula is C25H19N3O2. The Hall–Kier alpha value is -4.12. The van der Waals surface area contributed by atoms with Gasteiger partial charge in [-0.3, -0.25) is 0 Å². The molecule has 0 fully saturated rings. The van der Waals surface area contributed by atoms with E-state index in [9.17, 15) is 4.79 Å². The molecule has 0 atom stereocenters. The summed E-state index contributed by atoms with van der Waals surface area (Å²) in [4.78, 5) is 17.0. The SMILES string of the molecule is O=C(NCc1cccc2ccccc12)Nc1cccc(-c2nc3ccccc3o2)c1. The van der Waals surface area contributed by atoms with E-state index in [1.165, 1.54) is 0 Å². The smallest absolute Gasteiger partial charge is 0.319 e. The fourth-order valence-electron chi connectivity index (χ4n) is 3.52. The van der Waals surface area contributed by atoms with Crippen molar-refractivity contribution in [1.82, 2.24) is 10.3 Å².